The van der Waals surface area contributed by atoms with Crippen molar-refractivity contribution in [1.82, 2.24) is 0 Å². The SMILES string of the molecule is C=CC(=O)OCC[N+](CC)(CC)CC.[Br-]. The van der Waals surface area contributed by atoms with Crippen molar-refractivity contribution in [2.75, 3.05) is 32.8 Å². The van der Waals surface area contributed by atoms with Gasteiger partial charge in [-0.25, -0.2) is 4.79 Å². The molecule has 0 bridgehead atoms. The molecular weight excluding hydrogens is 258 g/mol. The van der Waals surface area contributed by atoms with Crippen molar-refractivity contribution in [1.29, 1.82) is 0 Å². The lowest BCUT2D eigenvalue weighted by atomic mass is 10.3. The molecule has 0 aromatic heterocycles. The molecule has 0 aliphatic carbocycles. The third-order valence-corrected chi connectivity index (χ3v) is 2.99. The Balaban J connectivity index is 0. The van der Waals surface area contributed by atoms with E-state index in [2.05, 4.69) is 27.4 Å². The van der Waals surface area contributed by atoms with Gasteiger partial charge in [0.2, 0.25) is 0 Å². The Morgan fingerprint density at radius 3 is 2.07 bits per heavy atom. The maximum atomic E-state index is 10.8. The van der Waals surface area contributed by atoms with Gasteiger partial charge in [0.25, 0.3) is 0 Å². The molecule has 0 spiro atoms. The number of ether oxygens (including phenoxy) is 1. The van der Waals surface area contributed by atoms with Crippen molar-refractivity contribution in [2.45, 2.75) is 20.8 Å². The van der Waals surface area contributed by atoms with Crippen LogP contribution in [0.1, 0.15) is 20.8 Å². The first kappa shape index (κ1) is 17.1. The van der Waals surface area contributed by atoms with Gasteiger partial charge in [-0.15, -0.1) is 0 Å². The quantitative estimate of drug-likeness (QED) is 0.326. The highest BCUT2D eigenvalue weighted by Crippen LogP contribution is 2.04. The van der Waals surface area contributed by atoms with Crippen molar-refractivity contribution < 1.29 is 31.0 Å². The number of rotatable bonds is 7. The number of hydrogen-bond donors (Lipinski definition) is 0. The van der Waals surface area contributed by atoms with Crippen LogP contribution in [0.25, 0.3) is 0 Å². The summed E-state index contributed by atoms with van der Waals surface area (Å²) in [6.45, 7) is 14.5. The van der Waals surface area contributed by atoms with Crippen LogP contribution in [0.15, 0.2) is 12.7 Å². The van der Waals surface area contributed by atoms with Gasteiger partial charge >= 0.3 is 5.97 Å². The number of esters is 1. The fraction of sp³-hybridized carbons (Fsp3) is 0.727. The van der Waals surface area contributed by atoms with Gasteiger partial charge in [0.05, 0.1) is 19.6 Å². The highest BCUT2D eigenvalue weighted by atomic mass is 79.9. The molecule has 0 fully saturated rings. The van der Waals surface area contributed by atoms with Gasteiger partial charge in [-0.2, -0.15) is 0 Å². The second kappa shape index (κ2) is 8.92. The van der Waals surface area contributed by atoms with Crippen LogP contribution in [0.5, 0.6) is 0 Å². The first-order valence-electron chi connectivity index (χ1n) is 5.28. The third kappa shape index (κ3) is 5.95. The average Bonchev–Trinajstić information content (AvgIpc) is 2.25. The van der Waals surface area contributed by atoms with E-state index < -0.39 is 0 Å². The van der Waals surface area contributed by atoms with Crippen LogP contribution in [0.2, 0.25) is 0 Å². The summed E-state index contributed by atoms with van der Waals surface area (Å²) in [6, 6.07) is 0. The van der Waals surface area contributed by atoms with Gasteiger partial charge in [-0.05, 0) is 20.8 Å². The van der Waals surface area contributed by atoms with E-state index in [1.54, 1.807) is 0 Å². The van der Waals surface area contributed by atoms with Gasteiger partial charge in [0.15, 0.2) is 0 Å². The topological polar surface area (TPSA) is 26.3 Å². The Morgan fingerprint density at radius 1 is 1.27 bits per heavy atom. The fourth-order valence-electron chi connectivity index (χ4n) is 1.54. The van der Waals surface area contributed by atoms with E-state index in [0.29, 0.717) is 6.61 Å². The minimum atomic E-state index is -0.327. The van der Waals surface area contributed by atoms with Crippen LogP contribution >= 0.6 is 0 Å². The molecule has 0 heterocycles. The van der Waals surface area contributed by atoms with Crippen molar-refractivity contribution in [3.8, 4) is 0 Å². The highest BCUT2D eigenvalue weighted by molar-refractivity contribution is 5.81. The Morgan fingerprint density at radius 2 is 1.73 bits per heavy atom. The molecular formula is C11H22BrNO2. The predicted molar refractivity (Wildman–Crippen MR) is 57.9 cm³/mol. The predicted octanol–water partition coefficient (Wildman–Crippen LogP) is -1.40. The maximum Gasteiger partial charge on any atom is 0.330 e. The Bertz CT molecular complexity index is 183. The molecule has 0 amide bonds. The molecule has 4 heteroatoms. The second-order valence-electron chi connectivity index (χ2n) is 3.39. The van der Waals surface area contributed by atoms with E-state index >= 15 is 0 Å². The van der Waals surface area contributed by atoms with Crippen LogP contribution in [0.3, 0.4) is 0 Å². The summed E-state index contributed by atoms with van der Waals surface area (Å²) in [4.78, 5) is 10.8. The van der Waals surface area contributed by atoms with Gasteiger partial charge < -0.3 is 26.2 Å². The summed E-state index contributed by atoms with van der Waals surface area (Å²) in [5, 5.41) is 0. The standard InChI is InChI=1S/C11H22NO2.BrH/c1-5-11(13)14-10-9-12(6-2,7-3)8-4;/h5H,1,6-10H2,2-4H3;1H/q+1;/p-1. The minimum absolute atomic E-state index is 0. The maximum absolute atomic E-state index is 10.8. The average molecular weight is 280 g/mol. The monoisotopic (exact) mass is 279 g/mol. The molecule has 0 aromatic rings. The Kier molecular flexibility index (Phi) is 10.1. The molecule has 0 aliphatic rings. The molecule has 0 aliphatic heterocycles. The molecule has 0 saturated heterocycles. The number of halogens is 1. The van der Waals surface area contributed by atoms with E-state index in [1.165, 1.54) is 6.08 Å². The number of nitrogens with zero attached hydrogens (tertiary/aromatic N) is 1. The first-order valence-corrected chi connectivity index (χ1v) is 5.28. The van der Waals surface area contributed by atoms with Crippen LogP contribution in [-0.4, -0.2) is 43.2 Å². The smallest absolute Gasteiger partial charge is 0.330 e. The zero-order chi connectivity index (χ0) is 11.0. The number of carbonyl (C=O) groups excluding carboxylic acids is 1. The molecule has 0 radical (unpaired) electrons. The van der Waals surface area contributed by atoms with E-state index in [0.717, 1.165) is 30.7 Å². The van der Waals surface area contributed by atoms with Crippen LogP contribution < -0.4 is 17.0 Å². The molecule has 3 nitrogen and oxygen atoms in total. The van der Waals surface area contributed by atoms with E-state index in [9.17, 15) is 4.79 Å². The lowest BCUT2D eigenvalue weighted by molar-refractivity contribution is -0.923. The first-order chi connectivity index (χ1) is 6.64. The largest absolute Gasteiger partial charge is 1.00 e. The van der Waals surface area contributed by atoms with Crippen molar-refractivity contribution in [3.63, 3.8) is 0 Å². The number of likely N-dealkylation sites (N-methyl/N-ethyl adjacent to an activating group) is 1. The van der Waals surface area contributed by atoms with Crippen molar-refractivity contribution in [2.24, 2.45) is 0 Å². The molecule has 0 aromatic carbocycles. The zero-order valence-electron chi connectivity index (χ0n) is 9.96. The van der Waals surface area contributed by atoms with E-state index in [-0.39, 0.29) is 23.0 Å². The highest BCUT2D eigenvalue weighted by Gasteiger charge is 2.20. The summed E-state index contributed by atoms with van der Waals surface area (Å²) in [5.41, 5.74) is 0. The van der Waals surface area contributed by atoms with Crippen molar-refractivity contribution in [3.05, 3.63) is 12.7 Å². The van der Waals surface area contributed by atoms with Crippen LogP contribution in [-0.2, 0) is 9.53 Å². The Hall–Kier alpha value is -0.350. The van der Waals surface area contributed by atoms with Crippen molar-refractivity contribution >= 4 is 5.97 Å². The number of quaternary nitrogens is 1. The molecule has 0 atom stereocenters. The molecule has 0 rings (SSSR count). The number of hydrogen-bond acceptors (Lipinski definition) is 2. The van der Waals surface area contributed by atoms with Crippen LogP contribution in [0, 0.1) is 0 Å². The molecule has 15 heavy (non-hydrogen) atoms. The second-order valence-corrected chi connectivity index (χ2v) is 3.39. The molecule has 0 N–H and O–H groups in total. The normalized spacial score (nSPS) is 10.3. The summed E-state index contributed by atoms with van der Waals surface area (Å²) < 4.78 is 5.98. The van der Waals surface area contributed by atoms with Gasteiger partial charge in [0.1, 0.15) is 13.2 Å². The van der Waals surface area contributed by atoms with Gasteiger partial charge in [-0.3, -0.25) is 0 Å². The minimum Gasteiger partial charge on any atom is -1.00 e. The summed E-state index contributed by atoms with van der Waals surface area (Å²) in [7, 11) is 0. The zero-order valence-corrected chi connectivity index (χ0v) is 11.5. The van der Waals surface area contributed by atoms with Crippen LogP contribution in [0.4, 0.5) is 0 Å². The summed E-state index contributed by atoms with van der Waals surface area (Å²) >= 11 is 0. The third-order valence-electron chi connectivity index (χ3n) is 2.99. The fourth-order valence-corrected chi connectivity index (χ4v) is 1.54. The Labute approximate surface area is 103 Å². The lowest BCUT2D eigenvalue weighted by Crippen LogP contribution is -3.00. The lowest BCUT2D eigenvalue weighted by Gasteiger charge is -2.35. The molecule has 0 saturated carbocycles. The molecule has 90 valence electrons. The van der Waals surface area contributed by atoms with E-state index in [4.69, 9.17) is 4.74 Å². The summed E-state index contributed by atoms with van der Waals surface area (Å²) in [5.74, 6) is -0.327. The van der Waals surface area contributed by atoms with Gasteiger partial charge in [-0.1, -0.05) is 6.58 Å². The van der Waals surface area contributed by atoms with Gasteiger partial charge in [0, 0.05) is 6.08 Å². The molecule has 0 unspecified atom stereocenters. The number of carbonyl (C=O) groups is 1. The van der Waals surface area contributed by atoms with E-state index in [1.807, 2.05) is 0 Å². The summed E-state index contributed by atoms with van der Waals surface area (Å²) in [6.07, 6.45) is 1.21.